The van der Waals surface area contributed by atoms with Crippen molar-refractivity contribution < 1.29 is 0 Å². The fourth-order valence-corrected chi connectivity index (χ4v) is 5.02. The Kier molecular flexibility index (Phi) is 3.94. The Hall–Kier alpha value is -4.31. The van der Waals surface area contributed by atoms with E-state index in [0.29, 0.717) is 0 Å². The Morgan fingerprint density at radius 2 is 1.61 bits per heavy atom. The van der Waals surface area contributed by atoms with Crippen LogP contribution in [0.4, 0.5) is 0 Å². The van der Waals surface area contributed by atoms with Crippen molar-refractivity contribution >= 4 is 44.4 Å². The topological polar surface area (TPSA) is 40.9 Å². The van der Waals surface area contributed by atoms with Gasteiger partial charge in [-0.15, -0.1) is 0 Å². The van der Waals surface area contributed by atoms with Crippen molar-refractivity contribution in [2.45, 2.75) is 6.29 Å². The molecule has 2 aliphatic heterocycles. The maximum Gasteiger partial charge on any atom is 0.216 e. The van der Waals surface area contributed by atoms with Crippen LogP contribution in [0.25, 0.3) is 43.6 Å². The van der Waals surface area contributed by atoms with Gasteiger partial charge >= 0.3 is 0 Å². The summed E-state index contributed by atoms with van der Waals surface area (Å²) in [4.78, 5) is 16.2. The molecule has 0 spiro atoms. The molecule has 0 aliphatic carbocycles. The summed E-state index contributed by atoms with van der Waals surface area (Å²) in [5.74, 6) is 0. The van der Waals surface area contributed by atoms with Crippen molar-refractivity contribution in [1.29, 1.82) is 0 Å². The quantitative estimate of drug-likeness (QED) is 0.250. The van der Waals surface area contributed by atoms with E-state index in [9.17, 15) is 0 Å². The van der Waals surface area contributed by atoms with Crippen molar-refractivity contribution in [2.24, 2.45) is 9.98 Å². The molecule has 1 unspecified atom stereocenters. The summed E-state index contributed by atoms with van der Waals surface area (Å²) >= 11 is 0. The van der Waals surface area contributed by atoms with Crippen LogP contribution in [0.2, 0.25) is 0 Å². The molecule has 0 saturated heterocycles. The molecule has 1 atom stereocenters. The highest BCUT2D eigenvalue weighted by molar-refractivity contribution is 6.19. The molecular formula is C29H20N4. The lowest BCUT2D eigenvalue weighted by atomic mass is 9.91. The van der Waals surface area contributed by atoms with Crippen molar-refractivity contribution in [3.05, 3.63) is 103 Å². The van der Waals surface area contributed by atoms with Crippen LogP contribution in [0.5, 0.6) is 0 Å². The lowest BCUT2D eigenvalue weighted by Gasteiger charge is -2.19. The third kappa shape index (κ3) is 2.88. The maximum absolute atomic E-state index is 4.80. The zero-order chi connectivity index (χ0) is 21.8. The third-order valence-corrected chi connectivity index (χ3v) is 6.61. The van der Waals surface area contributed by atoms with Gasteiger partial charge in [0.2, 0.25) is 6.29 Å². The van der Waals surface area contributed by atoms with Gasteiger partial charge in [-0.25, -0.2) is 9.98 Å². The molecule has 1 aromatic heterocycles. The molecular weight excluding hydrogens is 404 g/mol. The molecule has 0 bridgehead atoms. The first kappa shape index (κ1) is 18.3. The van der Waals surface area contributed by atoms with Gasteiger partial charge in [0.05, 0.1) is 17.8 Å². The predicted octanol–water partition coefficient (Wildman–Crippen LogP) is 6.19. The van der Waals surface area contributed by atoms with Crippen LogP contribution < -0.4 is 0 Å². The Morgan fingerprint density at radius 3 is 2.52 bits per heavy atom. The number of aliphatic imine (C=N–C) groups is 2. The number of aromatic nitrogens is 1. The highest BCUT2D eigenvalue weighted by Gasteiger charge is 2.24. The molecule has 0 radical (unpaired) electrons. The maximum atomic E-state index is 4.80. The molecule has 0 saturated carbocycles. The zero-order valence-corrected chi connectivity index (χ0v) is 17.9. The first-order chi connectivity index (χ1) is 16.3. The van der Waals surface area contributed by atoms with Gasteiger partial charge in [0.25, 0.3) is 0 Å². The van der Waals surface area contributed by atoms with Crippen LogP contribution in [0, 0.1) is 0 Å². The minimum Gasteiger partial charge on any atom is -0.332 e. The molecule has 0 amide bonds. The Bertz CT molecular complexity index is 1640. The second-order valence-corrected chi connectivity index (χ2v) is 8.52. The first-order valence-corrected chi connectivity index (χ1v) is 11.2. The molecule has 2 aliphatic rings. The summed E-state index contributed by atoms with van der Waals surface area (Å²) in [6.45, 7) is 0.780. The summed E-state index contributed by atoms with van der Waals surface area (Å²) in [5.41, 5.74) is 5.58. The van der Waals surface area contributed by atoms with E-state index in [1.807, 2.05) is 24.6 Å². The Labute approximate surface area is 191 Å². The molecule has 0 N–H and O–H groups in total. The SMILES string of the molecule is C1=CN2CC(c3ccc(-c4c5ccc6ccccc6c5cc5cccnc45)cc3)=NC2N=C1. The van der Waals surface area contributed by atoms with Crippen molar-refractivity contribution in [2.75, 3.05) is 6.54 Å². The number of allylic oxidation sites excluding steroid dienone is 1. The highest BCUT2D eigenvalue weighted by atomic mass is 15.4. The highest BCUT2D eigenvalue weighted by Crippen LogP contribution is 2.38. The van der Waals surface area contributed by atoms with Crippen LogP contribution in [-0.4, -0.2) is 34.6 Å². The lowest BCUT2D eigenvalue weighted by molar-refractivity contribution is 0.352. The van der Waals surface area contributed by atoms with Gasteiger partial charge in [-0.1, -0.05) is 66.7 Å². The van der Waals surface area contributed by atoms with E-state index in [1.165, 1.54) is 27.1 Å². The average molecular weight is 425 g/mol. The van der Waals surface area contributed by atoms with Gasteiger partial charge in [0.15, 0.2) is 0 Å². The van der Waals surface area contributed by atoms with Gasteiger partial charge in [-0.2, -0.15) is 0 Å². The monoisotopic (exact) mass is 424 g/mol. The molecule has 0 fully saturated rings. The van der Waals surface area contributed by atoms with E-state index < -0.39 is 0 Å². The van der Waals surface area contributed by atoms with Gasteiger partial charge in [0, 0.05) is 29.6 Å². The van der Waals surface area contributed by atoms with Crippen molar-refractivity contribution in [1.82, 2.24) is 9.88 Å². The van der Waals surface area contributed by atoms with Crippen molar-refractivity contribution in [3.63, 3.8) is 0 Å². The molecule has 33 heavy (non-hydrogen) atoms. The molecule has 7 rings (SSSR count). The number of fused-ring (bicyclic) bond motifs is 5. The summed E-state index contributed by atoms with van der Waals surface area (Å²) in [5, 5.41) is 6.16. The first-order valence-electron chi connectivity index (χ1n) is 11.2. The Balaban J connectivity index is 1.41. The fraction of sp³-hybridized carbons (Fsp3) is 0.0690. The van der Waals surface area contributed by atoms with Gasteiger partial charge in [-0.3, -0.25) is 4.98 Å². The number of benzene rings is 4. The third-order valence-electron chi connectivity index (χ3n) is 6.61. The lowest BCUT2D eigenvalue weighted by Crippen LogP contribution is -2.26. The second-order valence-electron chi connectivity index (χ2n) is 8.52. The van der Waals surface area contributed by atoms with Crippen LogP contribution in [0.1, 0.15) is 5.56 Å². The summed E-state index contributed by atoms with van der Waals surface area (Å²) in [7, 11) is 0. The normalized spacial score (nSPS) is 17.2. The average Bonchev–Trinajstić information content (AvgIpc) is 3.32. The van der Waals surface area contributed by atoms with Gasteiger partial charge in [-0.05, 0) is 50.9 Å². The predicted molar refractivity (Wildman–Crippen MR) is 137 cm³/mol. The van der Waals surface area contributed by atoms with E-state index >= 15 is 0 Å². The van der Waals surface area contributed by atoms with E-state index in [4.69, 9.17) is 9.98 Å². The zero-order valence-electron chi connectivity index (χ0n) is 17.9. The van der Waals surface area contributed by atoms with Crippen LogP contribution in [-0.2, 0) is 0 Å². The number of rotatable bonds is 2. The van der Waals surface area contributed by atoms with Gasteiger partial charge < -0.3 is 4.90 Å². The summed E-state index contributed by atoms with van der Waals surface area (Å²) in [6.07, 6.45) is 7.59. The van der Waals surface area contributed by atoms with Crippen LogP contribution >= 0.6 is 0 Å². The smallest absolute Gasteiger partial charge is 0.216 e. The molecule has 4 aromatic carbocycles. The fourth-order valence-electron chi connectivity index (χ4n) is 5.02. The number of hydrogen-bond donors (Lipinski definition) is 0. The number of hydrogen-bond acceptors (Lipinski definition) is 4. The molecule has 3 heterocycles. The molecule has 5 aromatic rings. The van der Waals surface area contributed by atoms with Crippen LogP contribution in [0.15, 0.2) is 107 Å². The van der Waals surface area contributed by atoms with E-state index in [2.05, 4.69) is 88.9 Å². The van der Waals surface area contributed by atoms with Crippen molar-refractivity contribution in [3.8, 4) is 11.1 Å². The second kappa shape index (κ2) is 7.10. The van der Waals surface area contributed by atoms with E-state index in [-0.39, 0.29) is 6.29 Å². The van der Waals surface area contributed by atoms with E-state index in [1.54, 1.807) is 0 Å². The minimum atomic E-state index is -0.121. The minimum absolute atomic E-state index is 0.121. The number of nitrogens with zero attached hydrogens (tertiary/aromatic N) is 4. The standard InChI is InChI=1S/C29H20N4/c1-2-7-23-19(5-1)12-13-24-25(23)17-22-6-3-14-30-28(22)27(24)21-10-8-20(9-11-21)26-18-33-16-4-15-31-29(33)32-26/h1-17,29H,18H2. The Morgan fingerprint density at radius 1 is 0.758 bits per heavy atom. The van der Waals surface area contributed by atoms with Crippen LogP contribution in [0.3, 0.4) is 0 Å². The largest absolute Gasteiger partial charge is 0.332 e. The molecule has 4 nitrogen and oxygen atoms in total. The van der Waals surface area contributed by atoms with E-state index in [0.717, 1.165) is 34.3 Å². The number of pyridine rings is 1. The summed E-state index contributed by atoms with van der Waals surface area (Å²) < 4.78 is 0. The molecule has 4 heteroatoms. The molecule has 156 valence electrons. The van der Waals surface area contributed by atoms with Gasteiger partial charge in [0.1, 0.15) is 0 Å². The summed E-state index contributed by atoms with van der Waals surface area (Å²) in [6, 6.07) is 28.2.